The number of nitrogens with one attached hydrogen (secondary N) is 1. The molecule has 1 aromatic rings. The van der Waals surface area contributed by atoms with E-state index >= 15 is 0 Å². The van der Waals surface area contributed by atoms with Crippen molar-refractivity contribution in [2.75, 3.05) is 45.1 Å². The summed E-state index contributed by atoms with van der Waals surface area (Å²) in [5.74, 6) is -0.0247. The van der Waals surface area contributed by atoms with Crippen LogP contribution in [0.3, 0.4) is 0 Å². The second kappa shape index (κ2) is 7.22. The number of nitrogens with two attached hydrogens (primary N) is 1. The van der Waals surface area contributed by atoms with E-state index < -0.39 is 0 Å². The molecule has 0 saturated carbocycles. The largest absolute Gasteiger partial charge is 0.329 e. The molecule has 3 N–H and O–H groups in total. The Bertz CT molecular complexity index is 508. The summed E-state index contributed by atoms with van der Waals surface area (Å²) in [5, 5.41) is 3.56. The Balaban J connectivity index is 1.96. The number of rotatable bonds is 4. The van der Waals surface area contributed by atoms with Crippen molar-refractivity contribution < 1.29 is 4.79 Å². The molecule has 1 heterocycles. The third-order valence-electron chi connectivity index (χ3n) is 3.90. The minimum Gasteiger partial charge on any atom is -0.329 e. The molecule has 5 nitrogen and oxygen atoms in total. The van der Waals surface area contributed by atoms with Crippen molar-refractivity contribution in [3.05, 3.63) is 28.8 Å². The molecule has 1 fully saturated rings. The lowest BCUT2D eigenvalue weighted by molar-refractivity contribution is -0.118. The number of piperazine rings is 1. The molecule has 0 aromatic heterocycles. The van der Waals surface area contributed by atoms with Gasteiger partial charge < -0.3 is 16.0 Å². The van der Waals surface area contributed by atoms with Crippen LogP contribution in [0.25, 0.3) is 0 Å². The second-order valence-electron chi connectivity index (χ2n) is 5.63. The van der Waals surface area contributed by atoms with Crippen LogP contribution in [0.2, 0.25) is 5.02 Å². The van der Waals surface area contributed by atoms with Crippen LogP contribution in [0.5, 0.6) is 0 Å². The molecule has 1 unspecified atom stereocenters. The highest BCUT2D eigenvalue weighted by Crippen LogP contribution is 2.20. The SMILES string of the molecule is Cc1ccc(Cl)cc1NC(=O)CN1CCN(C)CC1CN. The first-order chi connectivity index (χ1) is 9.99. The number of likely N-dealkylation sites (N-methyl/N-ethyl adjacent to an activating group) is 1. The Labute approximate surface area is 131 Å². The van der Waals surface area contributed by atoms with Crippen LogP contribution < -0.4 is 11.1 Å². The van der Waals surface area contributed by atoms with Gasteiger partial charge in [0.15, 0.2) is 0 Å². The van der Waals surface area contributed by atoms with Crippen LogP contribution in [0.15, 0.2) is 18.2 Å². The van der Waals surface area contributed by atoms with Gasteiger partial charge in [-0.25, -0.2) is 0 Å². The van der Waals surface area contributed by atoms with Crippen molar-refractivity contribution in [1.29, 1.82) is 0 Å². The summed E-state index contributed by atoms with van der Waals surface area (Å²) in [5.41, 5.74) is 7.58. The van der Waals surface area contributed by atoms with E-state index in [2.05, 4.69) is 22.2 Å². The Morgan fingerprint density at radius 3 is 2.95 bits per heavy atom. The van der Waals surface area contributed by atoms with E-state index in [4.69, 9.17) is 17.3 Å². The van der Waals surface area contributed by atoms with Crippen LogP contribution in [0.1, 0.15) is 5.56 Å². The van der Waals surface area contributed by atoms with E-state index in [1.807, 2.05) is 19.1 Å². The number of nitrogens with zero attached hydrogens (tertiary/aromatic N) is 2. The molecule has 21 heavy (non-hydrogen) atoms. The fraction of sp³-hybridized carbons (Fsp3) is 0.533. The lowest BCUT2D eigenvalue weighted by Crippen LogP contribution is -2.56. The van der Waals surface area contributed by atoms with Gasteiger partial charge in [-0.1, -0.05) is 17.7 Å². The number of anilines is 1. The lowest BCUT2D eigenvalue weighted by atomic mass is 10.1. The minimum atomic E-state index is -0.0247. The minimum absolute atomic E-state index is 0.0247. The second-order valence-corrected chi connectivity index (χ2v) is 6.07. The predicted molar refractivity (Wildman–Crippen MR) is 86.7 cm³/mol. The Morgan fingerprint density at radius 1 is 1.48 bits per heavy atom. The fourth-order valence-electron chi connectivity index (χ4n) is 2.58. The number of benzene rings is 1. The van der Waals surface area contributed by atoms with Crippen molar-refractivity contribution in [3.8, 4) is 0 Å². The van der Waals surface area contributed by atoms with Crippen LogP contribution in [-0.4, -0.2) is 61.5 Å². The molecule has 0 spiro atoms. The number of halogens is 1. The van der Waals surface area contributed by atoms with Crippen LogP contribution in [-0.2, 0) is 4.79 Å². The van der Waals surface area contributed by atoms with Gasteiger partial charge in [-0.3, -0.25) is 9.69 Å². The number of carbonyl (C=O) groups excluding carboxylic acids is 1. The van der Waals surface area contributed by atoms with E-state index in [0.29, 0.717) is 18.1 Å². The highest BCUT2D eigenvalue weighted by molar-refractivity contribution is 6.31. The number of amides is 1. The summed E-state index contributed by atoms with van der Waals surface area (Å²) in [6.07, 6.45) is 0. The number of carbonyl (C=O) groups is 1. The molecule has 116 valence electrons. The van der Waals surface area contributed by atoms with E-state index in [9.17, 15) is 4.79 Å². The fourth-order valence-corrected chi connectivity index (χ4v) is 2.76. The molecule has 1 atom stereocenters. The Hall–Kier alpha value is -1.14. The molecular weight excluding hydrogens is 288 g/mol. The van der Waals surface area contributed by atoms with Crippen molar-refractivity contribution in [2.45, 2.75) is 13.0 Å². The van der Waals surface area contributed by atoms with Gasteiger partial charge >= 0.3 is 0 Å². The highest BCUT2D eigenvalue weighted by Gasteiger charge is 2.25. The summed E-state index contributed by atoms with van der Waals surface area (Å²) < 4.78 is 0. The first-order valence-electron chi connectivity index (χ1n) is 7.18. The van der Waals surface area contributed by atoms with Gasteiger partial charge in [0.25, 0.3) is 0 Å². The summed E-state index contributed by atoms with van der Waals surface area (Å²) >= 11 is 5.97. The van der Waals surface area contributed by atoms with Crippen molar-refractivity contribution in [3.63, 3.8) is 0 Å². The van der Waals surface area contributed by atoms with Crippen LogP contribution in [0, 0.1) is 6.92 Å². The molecule has 6 heteroatoms. The maximum atomic E-state index is 12.2. The standard InChI is InChI=1S/C15H23ClN4O/c1-11-3-4-12(16)7-14(11)18-15(21)10-20-6-5-19(2)9-13(20)8-17/h3-4,7,13H,5-6,8-10,17H2,1-2H3,(H,18,21). The summed E-state index contributed by atoms with van der Waals surface area (Å²) in [7, 11) is 2.08. The zero-order valence-corrected chi connectivity index (χ0v) is 13.4. The van der Waals surface area contributed by atoms with Crippen molar-refractivity contribution >= 4 is 23.2 Å². The van der Waals surface area contributed by atoms with Gasteiger partial charge in [-0.2, -0.15) is 0 Å². The summed E-state index contributed by atoms with van der Waals surface area (Å²) in [4.78, 5) is 16.6. The molecule has 0 aliphatic carbocycles. The van der Waals surface area contributed by atoms with Gasteiger partial charge in [0.2, 0.25) is 5.91 Å². The molecule has 1 aromatic carbocycles. The molecule has 0 radical (unpaired) electrons. The topological polar surface area (TPSA) is 61.6 Å². The quantitative estimate of drug-likeness (QED) is 0.876. The van der Waals surface area contributed by atoms with E-state index in [1.54, 1.807) is 6.07 Å². The Morgan fingerprint density at radius 2 is 2.24 bits per heavy atom. The number of hydrogen-bond donors (Lipinski definition) is 2. The van der Waals surface area contributed by atoms with Crippen LogP contribution >= 0.6 is 11.6 Å². The molecular formula is C15H23ClN4O. The molecule has 1 amide bonds. The predicted octanol–water partition coefficient (Wildman–Crippen LogP) is 1.16. The van der Waals surface area contributed by atoms with E-state index in [-0.39, 0.29) is 11.9 Å². The third-order valence-corrected chi connectivity index (χ3v) is 4.14. The Kier molecular flexibility index (Phi) is 5.58. The number of hydrogen-bond acceptors (Lipinski definition) is 4. The summed E-state index contributed by atoms with van der Waals surface area (Å²) in [6, 6.07) is 5.72. The first-order valence-corrected chi connectivity index (χ1v) is 7.56. The molecule has 1 aliphatic heterocycles. The normalized spacial score (nSPS) is 20.5. The van der Waals surface area contributed by atoms with Gasteiger partial charge in [-0.05, 0) is 31.7 Å². The maximum absolute atomic E-state index is 12.2. The smallest absolute Gasteiger partial charge is 0.238 e. The van der Waals surface area contributed by atoms with Crippen molar-refractivity contribution in [2.24, 2.45) is 5.73 Å². The summed E-state index contributed by atoms with van der Waals surface area (Å²) in [6.45, 7) is 5.60. The van der Waals surface area contributed by atoms with Gasteiger partial charge in [0, 0.05) is 42.9 Å². The van der Waals surface area contributed by atoms with E-state index in [1.165, 1.54) is 0 Å². The zero-order chi connectivity index (χ0) is 15.4. The molecule has 1 aliphatic rings. The highest BCUT2D eigenvalue weighted by atomic mass is 35.5. The molecule has 2 rings (SSSR count). The van der Waals surface area contributed by atoms with E-state index in [0.717, 1.165) is 30.9 Å². The molecule has 1 saturated heterocycles. The maximum Gasteiger partial charge on any atom is 0.238 e. The monoisotopic (exact) mass is 310 g/mol. The van der Waals surface area contributed by atoms with Gasteiger partial charge in [-0.15, -0.1) is 0 Å². The van der Waals surface area contributed by atoms with Crippen molar-refractivity contribution in [1.82, 2.24) is 9.80 Å². The van der Waals surface area contributed by atoms with Gasteiger partial charge in [0.1, 0.15) is 0 Å². The zero-order valence-electron chi connectivity index (χ0n) is 12.6. The van der Waals surface area contributed by atoms with Crippen LogP contribution in [0.4, 0.5) is 5.69 Å². The third kappa shape index (κ3) is 4.41. The lowest BCUT2D eigenvalue weighted by Gasteiger charge is -2.39. The van der Waals surface area contributed by atoms with Gasteiger partial charge in [0.05, 0.1) is 6.54 Å². The average molecular weight is 311 g/mol. The number of aryl methyl sites for hydroxylation is 1. The molecule has 0 bridgehead atoms. The average Bonchev–Trinajstić information content (AvgIpc) is 2.44. The first kappa shape index (κ1) is 16.2.